The Morgan fingerprint density at radius 3 is 2.48 bits per heavy atom. The van der Waals surface area contributed by atoms with Crippen LogP contribution in [-0.4, -0.2) is 50.8 Å². The number of carbonyl (C=O) groups is 1. The van der Waals surface area contributed by atoms with Gasteiger partial charge in [0.05, 0.1) is 31.2 Å². The molecule has 31 heavy (non-hydrogen) atoms. The summed E-state index contributed by atoms with van der Waals surface area (Å²) in [5.74, 6) is 0.798. The molecule has 1 amide bonds. The van der Waals surface area contributed by atoms with E-state index in [1.807, 2.05) is 23.6 Å². The van der Waals surface area contributed by atoms with Gasteiger partial charge in [-0.25, -0.2) is 0 Å². The van der Waals surface area contributed by atoms with Crippen molar-refractivity contribution in [3.05, 3.63) is 76.0 Å². The minimum atomic E-state index is -0.0302. The first-order valence-electron chi connectivity index (χ1n) is 10.5. The summed E-state index contributed by atoms with van der Waals surface area (Å²) >= 11 is 1.48. The van der Waals surface area contributed by atoms with Crippen molar-refractivity contribution >= 4 is 17.2 Å². The lowest BCUT2D eigenvalue weighted by Crippen LogP contribution is -2.43. The zero-order valence-corrected chi connectivity index (χ0v) is 18.8. The molecule has 1 aliphatic rings. The molecule has 1 atom stereocenters. The van der Waals surface area contributed by atoms with Crippen LogP contribution >= 0.6 is 11.3 Å². The predicted octanol–water partition coefficient (Wildman–Crippen LogP) is 4.54. The van der Waals surface area contributed by atoms with Gasteiger partial charge in [-0.2, -0.15) is 0 Å². The molecular weight excluding hydrogens is 408 g/mol. The number of carbonyl (C=O) groups excluding carboxylic acids is 1. The van der Waals surface area contributed by atoms with Crippen LogP contribution in [0.4, 0.5) is 0 Å². The Morgan fingerprint density at radius 1 is 1.10 bits per heavy atom. The second kappa shape index (κ2) is 10.1. The highest BCUT2D eigenvalue weighted by molar-refractivity contribution is 7.12. The number of methoxy groups -OCH3 is 1. The zero-order valence-electron chi connectivity index (χ0n) is 18.0. The van der Waals surface area contributed by atoms with Gasteiger partial charge in [-0.3, -0.25) is 9.69 Å². The average Bonchev–Trinajstić information content (AvgIpc) is 3.31. The molecule has 1 N–H and O–H groups in total. The normalized spacial score (nSPS) is 15.4. The lowest BCUT2D eigenvalue weighted by molar-refractivity contribution is 0.0162. The molecular formula is C25H28N2O3S. The Hall–Kier alpha value is -2.67. The van der Waals surface area contributed by atoms with Crippen LogP contribution in [-0.2, 0) is 4.74 Å². The van der Waals surface area contributed by atoms with Gasteiger partial charge in [0.15, 0.2) is 0 Å². The molecule has 1 aromatic heterocycles. The summed E-state index contributed by atoms with van der Waals surface area (Å²) in [6.07, 6.45) is 0. The van der Waals surface area contributed by atoms with Crippen LogP contribution in [0.15, 0.2) is 60.0 Å². The van der Waals surface area contributed by atoms with Crippen molar-refractivity contribution in [2.45, 2.75) is 13.0 Å². The molecule has 4 rings (SSSR count). The van der Waals surface area contributed by atoms with Crippen molar-refractivity contribution in [2.75, 3.05) is 40.0 Å². The molecule has 1 unspecified atom stereocenters. The number of hydrogen-bond acceptors (Lipinski definition) is 5. The maximum absolute atomic E-state index is 13.1. The third-order valence-corrected chi connectivity index (χ3v) is 6.59. The molecule has 0 spiro atoms. The SMILES string of the molecule is COc1ccc(C(CNC(=O)c2sccc2-c2ccc(C)cc2)N2CCOCC2)cc1. The first-order valence-corrected chi connectivity index (χ1v) is 11.4. The van der Waals surface area contributed by atoms with Crippen molar-refractivity contribution in [1.29, 1.82) is 0 Å². The second-order valence-corrected chi connectivity index (χ2v) is 8.59. The van der Waals surface area contributed by atoms with Crippen LogP contribution in [0.25, 0.3) is 11.1 Å². The Morgan fingerprint density at radius 2 is 1.81 bits per heavy atom. The molecule has 6 heteroatoms. The number of nitrogens with zero attached hydrogens (tertiary/aromatic N) is 1. The van der Waals surface area contributed by atoms with Gasteiger partial charge >= 0.3 is 0 Å². The van der Waals surface area contributed by atoms with Gasteiger partial charge in [0.1, 0.15) is 5.75 Å². The molecule has 1 aliphatic heterocycles. The largest absolute Gasteiger partial charge is 0.497 e. The lowest BCUT2D eigenvalue weighted by Gasteiger charge is -2.35. The highest BCUT2D eigenvalue weighted by Crippen LogP contribution is 2.29. The number of morpholine rings is 1. The van der Waals surface area contributed by atoms with Crippen molar-refractivity contribution in [2.24, 2.45) is 0 Å². The molecule has 3 aromatic rings. The Kier molecular flexibility index (Phi) is 7.02. The number of hydrogen-bond donors (Lipinski definition) is 1. The molecule has 1 saturated heterocycles. The molecule has 0 radical (unpaired) electrons. The van der Waals surface area contributed by atoms with E-state index >= 15 is 0 Å². The quantitative estimate of drug-likeness (QED) is 0.591. The second-order valence-electron chi connectivity index (χ2n) is 7.68. The number of nitrogens with one attached hydrogen (secondary N) is 1. The summed E-state index contributed by atoms with van der Waals surface area (Å²) in [7, 11) is 1.67. The monoisotopic (exact) mass is 436 g/mol. The highest BCUT2D eigenvalue weighted by Gasteiger charge is 2.24. The molecule has 2 heterocycles. The van der Waals surface area contributed by atoms with Gasteiger partial charge in [-0.1, -0.05) is 42.0 Å². The minimum Gasteiger partial charge on any atom is -0.497 e. The standard InChI is InChI=1S/C25H28N2O3S/c1-18-3-5-19(6-4-18)22-11-16-31-24(22)25(28)26-17-23(27-12-14-30-15-13-27)20-7-9-21(29-2)10-8-20/h3-11,16,23H,12-15,17H2,1-2H3,(H,26,28). The van der Waals surface area contributed by atoms with Crippen LogP contribution in [0.3, 0.4) is 0 Å². The topological polar surface area (TPSA) is 50.8 Å². The van der Waals surface area contributed by atoms with Crippen molar-refractivity contribution in [3.63, 3.8) is 0 Å². The number of benzene rings is 2. The number of amides is 1. The van der Waals surface area contributed by atoms with Crippen LogP contribution in [0.1, 0.15) is 26.8 Å². The first kappa shape index (κ1) is 21.6. The minimum absolute atomic E-state index is 0.0302. The van der Waals surface area contributed by atoms with Gasteiger partial charge in [-0.05, 0) is 41.6 Å². The smallest absolute Gasteiger partial charge is 0.262 e. The van der Waals surface area contributed by atoms with E-state index < -0.39 is 0 Å². The summed E-state index contributed by atoms with van der Waals surface area (Å²) < 4.78 is 10.8. The average molecular weight is 437 g/mol. The predicted molar refractivity (Wildman–Crippen MR) is 125 cm³/mol. The van der Waals surface area contributed by atoms with Crippen molar-refractivity contribution in [3.8, 4) is 16.9 Å². The Labute approximate surface area is 187 Å². The third kappa shape index (κ3) is 5.15. The molecule has 0 aliphatic carbocycles. The summed E-state index contributed by atoms with van der Waals surface area (Å²) in [5, 5.41) is 5.17. The molecule has 0 saturated carbocycles. The van der Waals surface area contributed by atoms with E-state index in [1.165, 1.54) is 16.9 Å². The summed E-state index contributed by atoms with van der Waals surface area (Å²) in [6.45, 7) is 5.72. The van der Waals surface area contributed by atoms with Gasteiger partial charge in [0.25, 0.3) is 5.91 Å². The maximum atomic E-state index is 13.1. The van der Waals surface area contributed by atoms with E-state index in [9.17, 15) is 4.79 Å². The summed E-state index contributed by atoms with van der Waals surface area (Å²) in [5.41, 5.74) is 4.41. The van der Waals surface area contributed by atoms with Gasteiger partial charge < -0.3 is 14.8 Å². The zero-order chi connectivity index (χ0) is 21.6. The van der Waals surface area contributed by atoms with Gasteiger partial charge in [0, 0.05) is 25.2 Å². The number of rotatable bonds is 7. The van der Waals surface area contributed by atoms with E-state index in [1.54, 1.807) is 7.11 Å². The molecule has 1 fully saturated rings. The number of aryl methyl sites for hydroxylation is 1. The van der Waals surface area contributed by atoms with E-state index in [4.69, 9.17) is 9.47 Å². The molecule has 5 nitrogen and oxygen atoms in total. The van der Waals surface area contributed by atoms with E-state index in [-0.39, 0.29) is 11.9 Å². The van der Waals surface area contributed by atoms with Crippen molar-refractivity contribution < 1.29 is 14.3 Å². The van der Waals surface area contributed by atoms with Gasteiger partial charge in [-0.15, -0.1) is 11.3 Å². The molecule has 2 aromatic carbocycles. The lowest BCUT2D eigenvalue weighted by atomic mass is 10.0. The Bertz CT molecular complexity index is 992. The summed E-state index contributed by atoms with van der Waals surface area (Å²) in [4.78, 5) is 16.2. The number of thiophene rings is 1. The van der Waals surface area contributed by atoms with Gasteiger partial charge in [0.2, 0.25) is 0 Å². The maximum Gasteiger partial charge on any atom is 0.262 e. The Balaban J connectivity index is 1.51. The number of ether oxygens (including phenoxy) is 2. The molecule has 0 bridgehead atoms. The van der Waals surface area contributed by atoms with Crippen LogP contribution in [0, 0.1) is 6.92 Å². The van der Waals surface area contributed by atoms with Crippen LogP contribution in [0.2, 0.25) is 0 Å². The fourth-order valence-corrected chi connectivity index (χ4v) is 4.72. The van der Waals surface area contributed by atoms with Crippen molar-refractivity contribution in [1.82, 2.24) is 10.2 Å². The first-order chi connectivity index (χ1) is 15.2. The fourth-order valence-electron chi connectivity index (χ4n) is 3.89. The third-order valence-electron chi connectivity index (χ3n) is 5.68. The van der Waals surface area contributed by atoms with E-state index in [2.05, 4.69) is 53.5 Å². The van der Waals surface area contributed by atoms with E-state index in [0.717, 1.165) is 40.4 Å². The highest BCUT2D eigenvalue weighted by atomic mass is 32.1. The summed E-state index contributed by atoms with van der Waals surface area (Å²) in [6, 6.07) is 18.5. The van der Waals surface area contributed by atoms with Crippen LogP contribution in [0.5, 0.6) is 5.75 Å². The fraction of sp³-hybridized carbons (Fsp3) is 0.320. The molecule has 162 valence electrons. The van der Waals surface area contributed by atoms with E-state index in [0.29, 0.717) is 19.8 Å². The van der Waals surface area contributed by atoms with Crippen LogP contribution < -0.4 is 10.1 Å².